The van der Waals surface area contributed by atoms with Crippen molar-refractivity contribution in [3.05, 3.63) is 117 Å². The van der Waals surface area contributed by atoms with Crippen LogP contribution in [0.5, 0.6) is 5.75 Å². The van der Waals surface area contributed by atoms with Crippen molar-refractivity contribution in [1.29, 1.82) is 0 Å². The highest BCUT2D eigenvalue weighted by Gasteiger charge is 2.22. The van der Waals surface area contributed by atoms with Crippen molar-refractivity contribution in [3.63, 3.8) is 0 Å². The Morgan fingerprint density at radius 1 is 0.941 bits per heavy atom. The number of halogens is 1. The minimum atomic E-state index is -0.805. The second kappa shape index (κ2) is 9.93. The molecule has 4 aromatic carbocycles. The topological polar surface area (TPSA) is 111 Å². The van der Waals surface area contributed by atoms with E-state index in [9.17, 15) is 19.7 Å². The maximum Gasteiger partial charge on any atom is 0.343 e. The van der Waals surface area contributed by atoms with Gasteiger partial charge < -0.3 is 4.74 Å². The van der Waals surface area contributed by atoms with Gasteiger partial charge in [-0.15, -0.1) is 0 Å². The first-order valence-corrected chi connectivity index (χ1v) is 10.4. The van der Waals surface area contributed by atoms with Gasteiger partial charge in [-0.3, -0.25) is 14.9 Å². The van der Waals surface area contributed by atoms with E-state index in [2.05, 4.69) is 10.5 Å². The Morgan fingerprint density at radius 3 is 2.41 bits per heavy atom. The first-order valence-electron chi connectivity index (χ1n) is 10.0. The fraction of sp³-hybridized carbons (Fsp3) is 0. The number of nitrogens with zero attached hydrogens (tertiary/aromatic N) is 2. The molecule has 0 aliphatic carbocycles. The second-order valence-electron chi connectivity index (χ2n) is 7.07. The number of hydrogen-bond donors (Lipinski definition) is 1. The molecule has 0 bridgehead atoms. The van der Waals surface area contributed by atoms with Crippen LogP contribution in [0.3, 0.4) is 0 Å². The molecular weight excluding hydrogens is 458 g/mol. The summed E-state index contributed by atoms with van der Waals surface area (Å²) in [6.07, 6.45) is 1.18. The number of hydrogen-bond acceptors (Lipinski definition) is 6. The standard InChI is InChI=1S/C25H16ClN3O5/c26-19-13-11-17(12-14-19)25(31)34-23-18(7-4-10-22(23)29(32)33)15-27-28-24(30)21-9-3-6-16-5-1-2-8-20(16)21/h1-15H,(H,28,30)/b27-15+. The van der Waals surface area contributed by atoms with E-state index in [1.807, 2.05) is 30.3 Å². The van der Waals surface area contributed by atoms with Crippen LogP contribution in [0.4, 0.5) is 5.69 Å². The molecule has 4 rings (SSSR count). The lowest BCUT2D eigenvalue weighted by molar-refractivity contribution is -0.385. The molecule has 4 aromatic rings. The second-order valence-corrected chi connectivity index (χ2v) is 7.51. The summed E-state index contributed by atoms with van der Waals surface area (Å²) < 4.78 is 5.34. The van der Waals surface area contributed by atoms with Gasteiger partial charge in [0.15, 0.2) is 0 Å². The number of para-hydroxylation sites is 1. The number of carbonyl (C=O) groups excluding carboxylic acids is 2. The van der Waals surface area contributed by atoms with E-state index in [0.29, 0.717) is 10.6 Å². The van der Waals surface area contributed by atoms with Gasteiger partial charge in [0, 0.05) is 22.2 Å². The van der Waals surface area contributed by atoms with Crippen LogP contribution in [-0.4, -0.2) is 23.0 Å². The van der Waals surface area contributed by atoms with Crippen molar-refractivity contribution in [2.75, 3.05) is 0 Å². The van der Waals surface area contributed by atoms with Gasteiger partial charge in [0.2, 0.25) is 5.75 Å². The Balaban J connectivity index is 1.59. The van der Waals surface area contributed by atoms with E-state index in [-0.39, 0.29) is 16.9 Å². The number of rotatable bonds is 6. The fourth-order valence-corrected chi connectivity index (χ4v) is 3.41. The van der Waals surface area contributed by atoms with Crippen LogP contribution in [0.2, 0.25) is 5.02 Å². The van der Waals surface area contributed by atoms with Crippen LogP contribution < -0.4 is 10.2 Å². The number of amides is 1. The van der Waals surface area contributed by atoms with Crippen molar-refractivity contribution in [3.8, 4) is 5.75 Å². The van der Waals surface area contributed by atoms with Gasteiger partial charge in [-0.1, -0.05) is 54.1 Å². The van der Waals surface area contributed by atoms with Crippen molar-refractivity contribution < 1.29 is 19.2 Å². The summed E-state index contributed by atoms with van der Waals surface area (Å²) in [5.41, 5.74) is 2.70. The summed E-state index contributed by atoms with van der Waals surface area (Å²) in [6, 6.07) is 22.7. The first kappa shape index (κ1) is 22.6. The van der Waals surface area contributed by atoms with Crippen LogP contribution in [-0.2, 0) is 0 Å². The van der Waals surface area contributed by atoms with Crippen LogP contribution in [0, 0.1) is 10.1 Å². The lowest BCUT2D eigenvalue weighted by atomic mass is 10.0. The van der Waals surface area contributed by atoms with Crippen LogP contribution >= 0.6 is 11.6 Å². The van der Waals surface area contributed by atoms with E-state index in [4.69, 9.17) is 16.3 Å². The molecule has 0 unspecified atom stereocenters. The summed E-state index contributed by atoms with van der Waals surface area (Å²) in [4.78, 5) is 36.1. The van der Waals surface area contributed by atoms with Crippen LogP contribution in [0.25, 0.3) is 10.8 Å². The Hall–Kier alpha value is -4.56. The molecule has 0 aromatic heterocycles. The van der Waals surface area contributed by atoms with Gasteiger partial charge >= 0.3 is 11.7 Å². The Bertz CT molecular complexity index is 1430. The smallest absolute Gasteiger partial charge is 0.343 e. The predicted octanol–water partition coefficient (Wildman–Crippen LogP) is 5.38. The molecule has 34 heavy (non-hydrogen) atoms. The number of nitrogens with one attached hydrogen (secondary N) is 1. The first-order chi connectivity index (χ1) is 16.4. The monoisotopic (exact) mass is 473 g/mol. The maximum atomic E-state index is 12.7. The minimum Gasteiger partial charge on any atom is -0.415 e. The highest BCUT2D eigenvalue weighted by Crippen LogP contribution is 2.31. The van der Waals surface area contributed by atoms with Crippen molar-refractivity contribution in [1.82, 2.24) is 5.43 Å². The number of fused-ring (bicyclic) bond motifs is 1. The van der Waals surface area contributed by atoms with E-state index in [0.717, 1.165) is 10.8 Å². The molecule has 0 aliphatic heterocycles. The predicted molar refractivity (Wildman–Crippen MR) is 129 cm³/mol. The summed E-state index contributed by atoms with van der Waals surface area (Å²) in [5.74, 6) is -1.56. The van der Waals surface area contributed by atoms with E-state index >= 15 is 0 Å². The normalized spacial score (nSPS) is 10.9. The number of carbonyl (C=O) groups is 2. The zero-order chi connectivity index (χ0) is 24.1. The zero-order valence-corrected chi connectivity index (χ0v) is 18.2. The summed E-state index contributed by atoms with van der Waals surface area (Å²) in [5, 5.41) is 17.5. The van der Waals surface area contributed by atoms with E-state index in [1.165, 1.54) is 48.7 Å². The van der Waals surface area contributed by atoms with Gasteiger partial charge in [0.1, 0.15) is 0 Å². The number of nitro groups is 1. The van der Waals surface area contributed by atoms with Crippen LogP contribution in [0.15, 0.2) is 90.0 Å². The minimum absolute atomic E-state index is 0.134. The van der Waals surface area contributed by atoms with Crippen molar-refractivity contribution >= 4 is 46.2 Å². The lowest BCUT2D eigenvalue weighted by Crippen LogP contribution is -2.18. The quantitative estimate of drug-likeness (QED) is 0.133. The molecule has 0 saturated heterocycles. The van der Waals surface area contributed by atoms with E-state index in [1.54, 1.807) is 12.1 Å². The zero-order valence-electron chi connectivity index (χ0n) is 17.5. The number of hydrazone groups is 1. The molecule has 168 valence electrons. The van der Waals surface area contributed by atoms with Crippen molar-refractivity contribution in [2.45, 2.75) is 0 Å². The molecular formula is C25H16ClN3O5. The average Bonchev–Trinajstić information content (AvgIpc) is 2.84. The molecule has 9 heteroatoms. The molecule has 0 saturated carbocycles. The summed E-state index contributed by atoms with van der Waals surface area (Å²) in [6.45, 7) is 0. The van der Waals surface area contributed by atoms with Gasteiger partial charge in [0.05, 0.1) is 16.7 Å². The highest BCUT2D eigenvalue weighted by molar-refractivity contribution is 6.30. The summed E-state index contributed by atoms with van der Waals surface area (Å²) >= 11 is 5.83. The molecule has 0 fully saturated rings. The number of nitro benzene ring substituents is 1. The van der Waals surface area contributed by atoms with Gasteiger partial charge in [-0.05, 0) is 47.2 Å². The Labute approximate surface area is 198 Å². The van der Waals surface area contributed by atoms with Gasteiger partial charge in [0.25, 0.3) is 5.91 Å². The Kier molecular flexibility index (Phi) is 6.61. The van der Waals surface area contributed by atoms with Gasteiger partial charge in [-0.2, -0.15) is 5.10 Å². The van der Waals surface area contributed by atoms with Crippen molar-refractivity contribution in [2.24, 2.45) is 5.10 Å². The third-order valence-electron chi connectivity index (χ3n) is 4.90. The molecule has 0 heterocycles. The largest absolute Gasteiger partial charge is 0.415 e. The van der Waals surface area contributed by atoms with E-state index < -0.39 is 22.5 Å². The average molecular weight is 474 g/mol. The third kappa shape index (κ3) is 4.92. The fourth-order valence-electron chi connectivity index (χ4n) is 3.28. The maximum absolute atomic E-state index is 12.7. The number of esters is 1. The SMILES string of the molecule is O=C(Oc1c(/C=N/NC(=O)c2cccc3ccccc23)cccc1[N+](=O)[O-])c1ccc(Cl)cc1. The van der Waals surface area contributed by atoms with Gasteiger partial charge in [-0.25, -0.2) is 10.2 Å². The lowest BCUT2D eigenvalue weighted by Gasteiger charge is -2.08. The summed E-state index contributed by atoms with van der Waals surface area (Å²) in [7, 11) is 0. The Morgan fingerprint density at radius 2 is 1.65 bits per heavy atom. The third-order valence-corrected chi connectivity index (χ3v) is 5.15. The molecule has 0 spiro atoms. The highest BCUT2D eigenvalue weighted by atomic mass is 35.5. The molecule has 0 radical (unpaired) electrons. The molecule has 8 nitrogen and oxygen atoms in total. The molecule has 0 atom stereocenters. The molecule has 1 amide bonds. The number of benzene rings is 4. The van der Waals surface area contributed by atoms with Crippen LogP contribution in [0.1, 0.15) is 26.3 Å². The molecule has 0 aliphatic rings. The number of ether oxygens (including phenoxy) is 1. The molecule has 1 N–H and O–H groups in total.